The minimum absolute atomic E-state index is 0.0456. The fraction of sp³-hybridized carbons (Fsp3) is 0.383. The van der Waals surface area contributed by atoms with Crippen LogP contribution in [0.4, 0.5) is 0 Å². The number of oxazole rings is 1. The quantitative estimate of drug-likeness (QED) is 0.143. The number of hydrogen-bond acceptors (Lipinski definition) is 9. The fourth-order valence-corrected chi connectivity index (χ4v) is 8.40. The Balaban J connectivity index is 1.000. The number of aliphatic carboxylic acids is 1. The van der Waals surface area contributed by atoms with Crippen molar-refractivity contribution in [3.63, 3.8) is 0 Å². The van der Waals surface area contributed by atoms with Gasteiger partial charge in [-0.2, -0.15) is 0 Å². The first kappa shape index (κ1) is 39.6. The van der Waals surface area contributed by atoms with Crippen molar-refractivity contribution in [1.29, 1.82) is 0 Å². The van der Waals surface area contributed by atoms with Gasteiger partial charge in [0, 0.05) is 38.2 Å². The molecule has 0 unspecified atom stereocenters. The first-order valence-corrected chi connectivity index (χ1v) is 20.4. The van der Waals surface area contributed by atoms with Crippen LogP contribution < -0.4 is 19.5 Å². The first-order chi connectivity index (χ1) is 28.4. The number of rotatable bonds is 10. The van der Waals surface area contributed by atoms with Crippen molar-refractivity contribution < 1.29 is 38.1 Å². The van der Waals surface area contributed by atoms with Gasteiger partial charge in [-0.15, -0.1) is 0 Å². The van der Waals surface area contributed by atoms with E-state index in [0.717, 1.165) is 69.1 Å². The Bertz CT molecular complexity index is 2360. The summed E-state index contributed by atoms with van der Waals surface area (Å²) in [6.07, 6.45) is 6.33. The minimum atomic E-state index is -1.25. The van der Waals surface area contributed by atoms with Crippen LogP contribution in [0, 0.1) is 33.6 Å². The SMILES string of the molecule is Cc1nc(C(=O)N2Cc3cc4c(cc3C[C@H]2C(=O)N[C@@H](Cc2ccc(-c3ccnc(C)c3C)cc2)C(=O)O)OC[C@H](c2ccc(OC3CCC(C)CC3)cc2)O4)c(C)o1. The molecule has 1 aliphatic carbocycles. The molecule has 0 spiro atoms. The third-order valence-corrected chi connectivity index (χ3v) is 12.0. The number of pyridine rings is 1. The van der Waals surface area contributed by atoms with Gasteiger partial charge in [0.1, 0.15) is 30.2 Å². The predicted molar refractivity (Wildman–Crippen MR) is 220 cm³/mol. The second-order valence-electron chi connectivity index (χ2n) is 16.2. The van der Waals surface area contributed by atoms with Crippen LogP contribution in [0.1, 0.15) is 94.4 Å². The van der Waals surface area contributed by atoms with E-state index in [1.165, 1.54) is 17.7 Å². The molecule has 0 saturated heterocycles. The van der Waals surface area contributed by atoms with Crippen LogP contribution in [0.25, 0.3) is 11.1 Å². The van der Waals surface area contributed by atoms with Gasteiger partial charge in [-0.05, 0) is 122 Å². The van der Waals surface area contributed by atoms with E-state index in [-0.39, 0.29) is 43.9 Å². The molecule has 2 amide bonds. The maximum absolute atomic E-state index is 14.2. The van der Waals surface area contributed by atoms with Gasteiger partial charge in [-0.3, -0.25) is 14.6 Å². The second-order valence-corrected chi connectivity index (χ2v) is 16.2. The highest BCUT2D eigenvalue weighted by molar-refractivity contribution is 5.98. The van der Waals surface area contributed by atoms with E-state index < -0.39 is 29.9 Å². The number of carbonyl (C=O) groups is 3. The maximum atomic E-state index is 14.2. The van der Waals surface area contributed by atoms with Crippen LogP contribution in [0.3, 0.4) is 0 Å². The third kappa shape index (κ3) is 8.53. The molecule has 12 nitrogen and oxygen atoms in total. The molecule has 0 radical (unpaired) electrons. The number of ether oxygens (including phenoxy) is 3. The predicted octanol–water partition coefficient (Wildman–Crippen LogP) is 7.82. The monoisotopic (exact) mass is 798 g/mol. The van der Waals surface area contributed by atoms with E-state index in [9.17, 15) is 19.5 Å². The zero-order chi connectivity index (χ0) is 41.4. The molecule has 3 aliphatic rings. The van der Waals surface area contributed by atoms with Gasteiger partial charge in [0.05, 0.1) is 6.10 Å². The molecule has 59 heavy (non-hydrogen) atoms. The number of nitrogens with one attached hydrogen (secondary N) is 1. The number of carboxylic acids is 1. The van der Waals surface area contributed by atoms with Crippen LogP contribution in [0.2, 0.25) is 0 Å². The van der Waals surface area contributed by atoms with E-state index in [4.69, 9.17) is 18.6 Å². The summed E-state index contributed by atoms with van der Waals surface area (Å²) in [5, 5.41) is 13.0. The van der Waals surface area contributed by atoms with E-state index in [1.807, 2.05) is 80.6 Å². The average molecular weight is 799 g/mol. The molecule has 306 valence electrons. The lowest BCUT2D eigenvalue weighted by atomic mass is 9.89. The highest BCUT2D eigenvalue weighted by Crippen LogP contribution is 2.41. The van der Waals surface area contributed by atoms with Crippen LogP contribution in [-0.2, 0) is 29.0 Å². The van der Waals surface area contributed by atoms with E-state index in [1.54, 1.807) is 20.0 Å². The summed E-state index contributed by atoms with van der Waals surface area (Å²) >= 11 is 0. The summed E-state index contributed by atoms with van der Waals surface area (Å²) in [6.45, 7) is 9.92. The largest absolute Gasteiger partial charge is 0.490 e. The lowest BCUT2D eigenvalue weighted by molar-refractivity contribution is -0.142. The number of aryl methyl sites for hydroxylation is 3. The zero-order valence-corrected chi connectivity index (χ0v) is 34.1. The Morgan fingerprint density at radius 1 is 0.932 bits per heavy atom. The molecule has 4 heterocycles. The topological polar surface area (TPSA) is 153 Å². The van der Waals surface area contributed by atoms with Gasteiger partial charge in [-0.25, -0.2) is 9.78 Å². The maximum Gasteiger partial charge on any atom is 0.326 e. The second kappa shape index (κ2) is 16.6. The Kier molecular flexibility index (Phi) is 11.2. The number of amides is 2. The Morgan fingerprint density at radius 2 is 1.66 bits per heavy atom. The molecule has 12 heteroatoms. The van der Waals surface area contributed by atoms with Gasteiger partial charge in [0.15, 0.2) is 29.2 Å². The van der Waals surface area contributed by atoms with Crippen molar-refractivity contribution in [3.8, 4) is 28.4 Å². The molecule has 0 bridgehead atoms. The third-order valence-electron chi connectivity index (χ3n) is 12.0. The fourth-order valence-electron chi connectivity index (χ4n) is 8.40. The van der Waals surface area contributed by atoms with Crippen molar-refractivity contribution in [2.75, 3.05) is 6.61 Å². The lowest BCUT2D eigenvalue weighted by Crippen LogP contribution is -2.56. The summed E-state index contributed by atoms with van der Waals surface area (Å²) in [5.74, 6) is 1.06. The molecular weight excluding hydrogens is 749 g/mol. The standard InChI is InChI=1S/C47H50N4O8/c1-26-6-14-36(15-7-26)58-37-16-12-33(13-17-37)43-25-56-41-22-34-21-40(51(24-35(34)23-42(41)59-43)46(53)44-29(4)57-30(5)49-44)45(52)50-39(47(54)55)20-31-8-10-32(11-9-31)38-18-19-48-28(3)27(38)2/h8-13,16-19,22-23,26,36,39-40,43H,6-7,14-15,20-21,24-25H2,1-5H3,(H,50,52)(H,54,55)/t26?,36?,39-,40-,43+/m0/s1. The van der Waals surface area contributed by atoms with Crippen molar-refractivity contribution >= 4 is 17.8 Å². The summed E-state index contributed by atoms with van der Waals surface area (Å²) in [5.41, 5.74) is 7.40. The summed E-state index contributed by atoms with van der Waals surface area (Å²) in [7, 11) is 0. The van der Waals surface area contributed by atoms with Crippen molar-refractivity contribution in [1.82, 2.24) is 20.2 Å². The smallest absolute Gasteiger partial charge is 0.326 e. The first-order valence-electron chi connectivity index (χ1n) is 20.4. The van der Waals surface area contributed by atoms with Gasteiger partial charge >= 0.3 is 5.97 Å². The van der Waals surface area contributed by atoms with Gasteiger partial charge in [-0.1, -0.05) is 43.3 Å². The molecule has 1 fully saturated rings. The number of carboxylic acid groups (broad SMARTS) is 1. The zero-order valence-electron chi connectivity index (χ0n) is 34.1. The van der Waals surface area contributed by atoms with E-state index in [2.05, 4.69) is 22.2 Å². The van der Waals surface area contributed by atoms with Crippen LogP contribution >= 0.6 is 0 Å². The number of carbonyl (C=O) groups excluding carboxylic acids is 2. The van der Waals surface area contributed by atoms with E-state index >= 15 is 0 Å². The normalized spacial score (nSPS) is 20.3. The highest BCUT2D eigenvalue weighted by atomic mass is 16.6. The molecule has 1 saturated carbocycles. The number of hydrogen-bond donors (Lipinski definition) is 2. The number of nitrogens with zero attached hydrogens (tertiary/aromatic N) is 3. The Labute approximate surface area is 343 Å². The Hall–Kier alpha value is -6.17. The molecule has 3 aromatic carbocycles. The van der Waals surface area contributed by atoms with Crippen LogP contribution in [-0.4, -0.2) is 62.6 Å². The van der Waals surface area contributed by atoms with Crippen molar-refractivity contribution in [2.45, 2.75) is 104 Å². The summed E-state index contributed by atoms with van der Waals surface area (Å²) in [4.78, 5) is 51.1. The summed E-state index contributed by atoms with van der Waals surface area (Å²) in [6, 6.07) is 19.0. The lowest BCUT2D eigenvalue weighted by Gasteiger charge is -2.37. The van der Waals surface area contributed by atoms with Gasteiger partial charge < -0.3 is 34.0 Å². The van der Waals surface area contributed by atoms with Crippen molar-refractivity contribution in [3.05, 3.63) is 124 Å². The van der Waals surface area contributed by atoms with Crippen molar-refractivity contribution in [2.24, 2.45) is 5.92 Å². The molecule has 8 rings (SSSR count). The van der Waals surface area contributed by atoms with Crippen LogP contribution in [0.5, 0.6) is 17.2 Å². The van der Waals surface area contributed by atoms with Gasteiger partial charge in [0.25, 0.3) is 5.91 Å². The molecule has 2 aliphatic heterocycles. The molecule has 5 aromatic rings. The number of aromatic nitrogens is 2. The van der Waals surface area contributed by atoms with Crippen LogP contribution in [0.15, 0.2) is 77.3 Å². The molecule has 2 N–H and O–H groups in total. The average Bonchev–Trinajstić information content (AvgIpc) is 3.58. The summed E-state index contributed by atoms with van der Waals surface area (Å²) < 4.78 is 24.6. The minimum Gasteiger partial charge on any atom is -0.490 e. The highest BCUT2D eigenvalue weighted by Gasteiger charge is 2.39. The number of benzene rings is 3. The molecule has 3 atom stereocenters. The Morgan fingerprint density at radius 3 is 2.36 bits per heavy atom. The molecular formula is C47H50N4O8. The van der Waals surface area contributed by atoms with E-state index in [0.29, 0.717) is 23.1 Å². The number of fused-ring (bicyclic) bond motifs is 2. The van der Waals surface area contributed by atoms with Gasteiger partial charge in [0.2, 0.25) is 5.91 Å². The molecule has 2 aromatic heterocycles.